The molecule has 0 heterocycles. The normalized spacial score (nSPS) is 14.5. The molecule has 0 unspecified atom stereocenters. The van der Waals surface area contributed by atoms with Gasteiger partial charge in [0.1, 0.15) is 5.38 Å². The summed E-state index contributed by atoms with van der Waals surface area (Å²) in [5.74, 6) is -0.136. The predicted molar refractivity (Wildman–Crippen MR) is 58.3 cm³/mol. The number of amides is 1. The molecule has 2 nitrogen and oxygen atoms in total. The van der Waals surface area contributed by atoms with Crippen molar-refractivity contribution in [3.63, 3.8) is 0 Å². The molecular formula is C11H14ClNO. The van der Waals surface area contributed by atoms with E-state index >= 15 is 0 Å². The zero-order valence-corrected chi connectivity index (χ0v) is 9.08. The maximum Gasteiger partial charge on any atom is 0.238 e. The van der Waals surface area contributed by atoms with Crippen LogP contribution in [-0.4, -0.2) is 11.3 Å². The fourth-order valence-electron chi connectivity index (χ4n) is 1.15. The number of alkyl halides is 1. The molecule has 1 aromatic carbocycles. The van der Waals surface area contributed by atoms with Crippen LogP contribution in [0.15, 0.2) is 30.3 Å². The van der Waals surface area contributed by atoms with Crippen molar-refractivity contribution in [3.8, 4) is 0 Å². The van der Waals surface area contributed by atoms with Crippen LogP contribution in [0.4, 0.5) is 0 Å². The number of carbonyl (C=O) groups excluding carboxylic acids is 1. The molecule has 0 bridgehead atoms. The van der Waals surface area contributed by atoms with Gasteiger partial charge in [-0.05, 0) is 19.4 Å². The van der Waals surface area contributed by atoms with Crippen LogP contribution in [0.5, 0.6) is 0 Å². The lowest BCUT2D eigenvalue weighted by Gasteiger charge is -2.14. The maximum atomic E-state index is 11.3. The lowest BCUT2D eigenvalue weighted by Crippen LogP contribution is -2.31. The number of rotatable bonds is 3. The van der Waals surface area contributed by atoms with E-state index in [1.807, 2.05) is 37.3 Å². The quantitative estimate of drug-likeness (QED) is 0.765. The average molecular weight is 212 g/mol. The van der Waals surface area contributed by atoms with Crippen LogP contribution in [0.25, 0.3) is 0 Å². The van der Waals surface area contributed by atoms with Crippen molar-refractivity contribution < 1.29 is 4.79 Å². The fourth-order valence-corrected chi connectivity index (χ4v) is 1.22. The van der Waals surface area contributed by atoms with E-state index in [9.17, 15) is 4.79 Å². The summed E-state index contributed by atoms with van der Waals surface area (Å²) in [7, 11) is 0. The van der Waals surface area contributed by atoms with Crippen LogP contribution in [0.2, 0.25) is 0 Å². The first-order valence-corrected chi connectivity index (χ1v) is 5.04. The third kappa shape index (κ3) is 3.04. The summed E-state index contributed by atoms with van der Waals surface area (Å²) in [5, 5.41) is 2.34. The van der Waals surface area contributed by atoms with E-state index in [-0.39, 0.29) is 11.9 Å². The molecule has 0 saturated heterocycles. The second-order valence-electron chi connectivity index (χ2n) is 3.26. The third-order valence-corrected chi connectivity index (χ3v) is 2.22. The van der Waals surface area contributed by atoms with Crippen molar-refractivity contribution in [1.82, 2.24) is 5.32 Å². The van der Waals surface area contributed by atoms with E-state index in [2.05, 4.69) is 5.32 Å². The van der Waals surface area contributed by atoms with E-state index in [1.165, 1.54) is 0 Å². The minimum absolute atomic E-state index is 0.00454. The molecule has 1 aromatic rings. The van der Waals surface area contributed by atoms with Gasteiger partial charge in [0, 0.05) is 0 Å². The highest BCUT2D eigenvalue weighted by molar-refractivity contribution is 6.30. The molecule has 0 aliphatic carbocycles. The molecular weight excluding hydrogens is 198 g/mol. The highest BCUT2D eigenvalue weighted by Crippen LogP contribution is 2.11. The summed E-state index contributed by atoms with van der Waals surface area (Å²) in [5.41, 5.74) is 1.08. The molecule has 1 amide bonds. The Morgan fingerprint density at radius 2 is 1.86 bits per heavy atom. The number of carbonyl (C=O) groups is 1. The Bertz CT molecular complexity index is 297. The fraction of sp³-hybridized carbons (Fsp3) is 0.364. The van der Waals surface area contributed by atoms with Crippen molar-refractivity contribution in [2.24, 2.45) is 0 Å². The molecule has 1 N–H and O–H groups in total. The molecule has 0 aromatic heterocycles. The second-order valence-corrected chi connectivity index (χ2v) is 3.91. The van der Waals surface area contributed by atoms with Crippen LogP contribution in [0.3, 0.4) is 0 Å². The van der Waals surface area contributed by atoms with Gasteiger partial charge in [-0.25, -0.2) is 0 Å². The summed E-state index contributed by atoms with van der Waals surface area (Å²) in [6, 6.07) is 9.80. The van der Waals surface area contributed by atoms with Crippen molar-refractivity contribution in [1.29, 1.82) is 0 Å². The Morgan fingerprint density at radius 1 is 1.29 bits per heavy atom. The molecule has 0 aliphatic rings. The Hall–Kier alpha value is -1.02. The minimum Gasteiger partial charge on any atom is -0.348 e. The molecule has 3 heteroatoms. The molecule has 76 valence electrons. The molecule has 2 atom stereocenters. The van der Waals surface area contributed by atoms with Gasteiger partial charge in [0.2, 0.25) is 5.91 Å². The van der Waals surface area contributed by atoms with Crippen LogP contribution in [0, 0.1) is 0 Å². The second kappa shape index (κ2) is 5.01. The summed E-state index contributed by atoms with van der Waals surface area (Å²) in [4.78, 5) is 11.3. The SMILES string of the molecule is C[C@H](Cl)C(=O)N[C@@H](C)c1ccccc1. The first-order chi connectivity index (χ1) is 6.61. The van der Waals surface area contributed by atoms with E-state index in [1.54, 1.807) is 6.92 Å². The summed E-state index contributed by atoms with van der Waals surface area (Å²) in [6.45, 7) is 3.60. The van der Waals surface area contributed by atoms with Crippen molar-refractivity contribution in [3.05, 3.63) is 35.9 Å². The molecule has 0 fully saturated rings. The summed E-state index contributed by atoms with van der Waals surface area (Å²) < 4.78 is 0. The molecule has 0 radical (unpaired) electrons. The van der Waals surface area contributed by atoms with Gasteiger partial charge in [-0.15, -0.1) is 11.6 Å². The van der Waals surface area contributed by atoms with Gasteiger partial charge < -0.3 is 5.32 Å². The smallest absolute Gasteiger partial charge is 0.238 e. The molecule has 0 saturated carbocycles. The number of hydrogen-bond acceptors (Lipinski definition) is 1. The summed E-state index contributed by atoms with van der Waals surface area (Å²) >= 11 is 5.65. The monoisotopic (exact) mass is 211 g/mol. The Kier molecular flexibility index (Phi) is 3.96. The average Bonchev–Trinajstić information content (AvgIpc) is 2.19. The highest BCUT2D eigenvalue weighted by Gasteiger charge is 2.12. The topological polar surface area (TPSA) is 29.1 Å². The zero-order chi connectivity index (χ0) is 10.6. The van der Waals surface area contributed by atoms with Gasteiger partial charge in [0.25, 0.3) is 0 Å². The van der Waals surface area contributed by atoms with Gasteiger partial charge in [0.15, 0.2) is 0 Å². The van der Waals surface area contributed by atoms with Crippen LogP contribution in [-0.2, 0) is 4.79 Å². The third-order valence-electron chi connectivity index (χ3n) is 2.02. The van der Waals surface area contributed by atoms with E-state index < -0.39 is 5.38 Å². The molecule has 0 aliphatic heterocycles. The zero-order valence-electron chi connectivity index (χ0n) is 8.33. The lowest BCUT2D eigenvalue weighted by atomic mass is 10.1. The Labute approximate surface area is 89.3 Å². The van der Waals surface area contributed by atoms with E-state index in [0.717, 1.165) is 5.56 Å². The molecule has 0 spiro atoms. The highest BCUT2D eigenvalue weighted by atomic mass is 35.5. The first kappa shape index (κ1) is 11.1. The van der Waals surface area contributed by atoms with Gasteiger partial charge in [0.05, 0.1) is 6.04 Å². The Morgan fingerprint density at radius 3 is 2.36 bits per heavy atom. The molecule has 1 rings (SSSR count). The number of nitrogens with one attached hydrogen (secondary N) is 1. The standard InChI is InChI=1S/C11H14ClNO/c1-8(12)11(14)13-9(2)10-6-4-3-5-7-10/h3-9H,1-2H3,(H,13,14)/t8-,9-/m0/s1. The van der Waals surface area contributed by atoms with Gasteiger partial charge in [-0.3, -0.25) is 4.79 Å². The van der Waals surface area contributed by atoms with Crippen molar-refractivity contribution in [2.45, 2.75) is 25.3 Å². The van der Waals surface area contributed by atoms with Crippen molar-refractivity contribution >= 4 is 17.5 Å². The van der Waals surface area contributed by atoms with E-state index in [4.69, 9.17) is 11.6 Å². The van der Waals surface area contributed by atoms with Crippen molar-refractivity contribution in [2.75, 3.05) is 0 Å². The van der Waals surface area contributed by atoms with Gasteiger partial charge in [-0.1, -0.05) is 30.3 Å². The van der Waals surface area contributed by atoms with Gasteiger partial charge in [-0.2, -0.15) is 0 Å². The van der Waals surface area contributed by atoms with Crippen LogP contribution in [0.1, 0.15) is 25.5 Å². The van der Waals surface area contributed by atoms with Crippen LogP contribution >= 0.6 is 11.6 Å². The number of halogens is 1. The summed E-state index contributed by atoms with van der Waals surface area (Å²) in [6.07, 6.45) is 0. The molecule has 14 heavy (non-hydrogen) atoms. The first-order valence-electron chi connectivity index (χ1n) is 4.60. The van der Waals surface area contributed by atoms with E-state index in [0.29, 0.717) is 0 Å². The minimum atomic E-state index is -0.485. The lowest BCUT2D eigenvalue weighted by molar-refractivity contribution is -0.121. The predicted octanol–water partition coefficient (Wildman–Crippen LogP) is 2.49. The largest absolute Gasteiger partial charge is 0.348 e. The maximum absolute atomic E-state index is 11.3. The van der Waals surface area contributed by atoms with Gasteiger partial charge >= 0.3 is 0 Å². The number of hydrogen-bond donors (Lipinski definition) is 1. The number of benzene rings is 1. The Balaban J connectivity index is 2.59. The van der Waals surface area contributed by atoms with Crippen LogP contribution < -0.4 is 5.32 Å².